The van der Waals surface area contributed by atoms with Gasteiger partial charge in [-0.05, 0) is 79.9 Å². The molecule has 0 spiro atoms. The molecule has 0 saturated heterocycles. The van der Waals surface area contributed by atoms with Crippen molar-refractivity contribution >= 4 is 97.1 Å². The number of benzene rings is 4. The first-order valence-electron chi connectivity index (χ1n) is 12.6. The standard InChI is InChI=1S/C31H20Br3NO5S/c1-39-31(38)23(12-13-35-29(36)17-6-2-3-7-18(17)30(35)37)40-28-21(33)14-16(15-22(28)34)26-20(32)10-11-25-27(26)19-8-4-5-9-24(19)41-25/h2-11,14-15,23H,12-13H2,1H3. The maximum atomic E-state index is 12.8. The van der Waals surface area contributed by atoms with Crippen LogP contribution in [0.5, 0.6) is 5.75 Å². The smallest absolute Gasteiger partial charge is 0.347 e. The van der Waals surface area contributed by atoms with Gasteiger partial charge in [-0.25, -0.2) is 4.79 Å². The molecule has 0 saturated carbocycles. The van der Waals surface area contributed by atoms with Crippen molar-refractivity contribution in [2.24, 2.45) is 0 Å². The SMILES string of the molecule is COC(=O)C(CCN1C(=O)c2ccccc2C1=O)Oc1c(Br)cc(-c2c(Br)ccc3sc4ccccc4c23)cc1Br. The zero-order valence-electron chi connectivity index (χ0n) is 21.5. The number of hydrogen-bond acceptors (Lipinski definition) is 6. The van der Waals surface area contributed by atoms with Crippen molar-refractivity contribution in [2.45, 2.75) is 12.5 Å². The molecule has 5 aromatic rings. The van der Waals surface area contributed by atoms with E-state index in [1.807, 2.05) is 30.3 Å². The Hall–Kier alpha value is -3.05. The number of hydrogen-bond donors (Lipinski definition) is 0. The van der Waals surface area contributed by atoms with E-state index in [2.05, 4.69) is 66.0 Å². The molecule has 1 aliphatic heterocycles. The van der Waals surface area contributed by atoms with Crippen LogP contribution in [-0.2, 0) is 9.53 Å². The van der Waals surface area contributed by atoms with Gasteiger partial charge in [-0.1, -0.05) is 46.3 Å². The fraction of sp³-hybridized carbons (Fsp3) is 0.129. The second kappa shape index (κ2) is 11.3. The maximum absolute atomic E-state index is 12.8. The number of thiophene rings is 1. The highest BCUT2D eigenvalue weighted by Crippen LogP contribution is 2.46. The van der Waals surface area contributed by atoms with Gasteiger partial charge in [0.25, 0.3) is 11.8 Å². The lowest BCUT2D eigenvalue weighted by Gasteiger charge is -2.22. The van der Waals surface area contributed by atoms with Gasteiger partial charge in [0.2, 0.25) is 0 Å². The van der Waals surface area contributed by atoms with Crippen LogP contribution in [0, 0.1) is 0 Å². The van der Waals surface area contributed by atoms with Crippen LogP contribution in [0.2, 0.25) is 0 Å². The minimum atomic E-state index is -1.06. The summed E-state index contributed by atoms with van der Waals surface area (Å²) in [6.45, 7) is -0.000387. The molecular weight excluding hydrogens is 738 g/mol. The van der Waals surface area contributed by atoms with E-state index in [4.69, 9.17) is 9.47 Å². The maximum Gasteiger partial charge on any atom is 0.347 e. The lowest BCUT2D eigenvalue weighted by molar-refractivity contribution is -0.149. The van der Waals surface area contributed by atoms with E-state index in [9.17, 15) is 14.4 Å². The molecule has 1 aromatic heterocycles. The average Bonchev–Trinajstić information content (AvgIpc) is 3.46. The molecule has 6 rings (SSSR count). The Morgan fingerprint density at radius 1 is 0.854 bits per heavy atom. The lowest BCUT2D eigenvalue weighted by atomic mass is 9.99. The number of rotatable bonds is 7. The molecule has 4 aromatic carbocycles. The summed E-state index contributed by atoms with van der Waals surface area (Å²) in [5.41, 5.74) is 2.70. The third-order valence-corrected chi connectivity index (χ3v) is 9.97. The minimum Gasteiger partial charge on any atom is -0.476 e. The van der Waals surface area contributed by atoms with Crippen molar-refractivity contribution in [3.05, 3.63) is 97.3 Å². The molecule has 0 aliphatic carbocycles. The fourth-order valence-corrected chi connectivity index (χ4v) is 8.12. The first-order valence-corrected chi connectivity index (χ1v) is 15.8. The highest BCUT2D eigenvalue weighted by Gasteiger charge is 2.36. The molecule has 2 heterocycles. The van der Waals surface area contributed by atoms with Crippen LogP contribution < -0.4 is 4.74 Å². The molecule has 2 amide bonds. The molecule has 0 radical (unpaired) electrons. The van der Waals surface area contributed by atoms with Crippen molar-refractivity contribution < 1.29 is 23.9 Å². The number of ether oxygens (including phenoxy) is 2. The van der Waals surface area contributed by atoms with E-state index >= 15 is 0 Å². The second-order valence-corrected chi connectivity index (χ2v) is 13.0. The van der Waals surface area contributed by atoms with E-state index in [-0.39, 0.29) is 24.8 Å². The number of amides is 2. The topological polar surface area (TPSA) is 72.9 Å². The van der Waals surface area contributed by atoms with Gasteiger partial charge >= 0.3 is 5.97 Å². The van der Waals surface area contributed by atoms with Gasteiger partial charge in [0.1, 0.15) is 5.75 Å². The highest BCUT2D eigenvalue weighted by atomic mass is 79.9. The summed E-state index contributed by atoms with van der Waals surface area (Å²) < 4.78 is 15.8. The van der Waals surface area contributed by atoms with Crippen molar-refractivity contribution in [2.75, 3.05) is 13.7 Å². The number of fused-ring (bicyclic) bond motifs is 4. The second-order valence-electron chi connectivity index (χ2n) is 9.39. The average molecular weight is 758 g/mol. The quantitative estimate of drug-likeness (QED) is 0.123. The Kier molecular flexibility index (Phi) is 7.76. The van der Waals surface area contributed by atoms with Gasteiger partial charge in [-0.3, -0.25) is 14.5 Å². The molecule has 10 heteroatoms. The Bertz CT molecular complexity index is 1830. The first-order chi connectivity index (χ1) is 19.8. The largest absolute Gasteiger partial charge is 0.476 e. The molecule has 1 atom stereocenters. The zero-order chi connectivity index (χ0) is 28.8. The zero-order valence-corrected chi connectivity index (χ0v) is 27.0. The molecule has 1 unspecified atom stereocenters. The molecule has 0 bridgehead atoms. The van der Waals surface area contributed by atoms with Crippen molar-refractivity contribution in [3.63, 3.8) is 0 Å². The molecule has 6 nitrogen and oxygen atoms in total. The normalized spacial score (nSPS) is 13.6. The summed E-state index contributed by atoms with van der Waals surface area (Å²) in [5, 5.41) is 2.33. The molecule has 0 fully saturated rings. The van der Waals surface area contributed by atoms with Crippen molar-refractivity contribution in [1.82, 2.24) is 4.90 Å². The van der Waals surface area contributed by atoms with Gasteiger partial charge < -0.3 is 9.47 Å². The highest BCUT2D eigenvalue weighted by molar-refractivity contribution is 9.11. The third-order valence-electron chi connectivity index (χ3n) is 7.00. The van der Waals surface area contributed by atoms with E-state index < -0.39 is 12.1 Å². The monoisotopic (exact) mass is 755 g/mol. The fourth-order valence-electron chi connectivity index (χ4n) is 5.08. The Balaban J connectivity index is 1.31. The predicted molar refractivity (Wildman–Crippen MR) is 171 cm³/mol. The number of carbonyl (C=O) groups is 3. The van der Waals surface area contributed by atoms with Gasteiger partial charge in [-0.15, -0.1) is 11.3 Å². The molecule has 41 heavy (non-hydrogen) atoms. The third kappa shape index (κ3) is 5.01. The Morgan fingerprint density at radius 2 is 1.49 bits per heavy atom. The molecular formula is C31H20Br3NO5S. The molecule has 0 N–H and O–H groups in total. The number of halogens is 3. The van der Waals surface area contributed by atoms with Crippen LogP contribution in [0.4, 0.5) is 0 Å². The number of esters is 1. The first kappa shape index (κ1) is 28.1. The van der Waals surface area contributed by atoms with E-state index in [1.165, 1.54) is 21.9 Å². The molecule has 206 valence electrons. The van der Waals surface area contributed by atoms with Crippen LogP contribution in [-0.4, -0.2) is 42.4 Å². The Morgan fingerprint density at radius 3 is 2.15 bits per heavy atom. The van der Waals surface area contributed by atoms with E-state index in [0.717, 1.165) is 25.9 Å². The summed E-state index contributed by atoms with van der Waals surface area (Å²) in [5.74, 6) is -0.977. The van der Waals surface area contributed by atoms with Crippen LogP contribution in [0.15, 0.2) is 86.2 Å². The van der Waals surface area contributed by atoms with Gasteiger partial charge in [0.05, 0.1) is 27.2 Å². The number of imide groups is 1. The van der Waals surface area contributed by atoms with Crippen LogP contribution in [0.3, 0.4) is 0 Å². The number of carbonyl (C=O) groups excluding carboxylic acids is 3. The number of nitrogens with zero attached hydrogens (tertiary/aromatic N) is 1. The van der Waals surface area contributed by atoms with Gasteiger partial charge in [0, 0.05) is 43.2 Å². The van der Waals surface area contributed by atoms with Crippen LogP contribution in [0.25, 0.3) is 31.3 Å². The number of methoxy groups -OCH3 is 1. The summed E-state index contributed by atoms with van der Waals surface area (Å²) in [6.07, 6.45) is -0.997. The van der Waals surface area contributed by atoms with E-state index in [0.29, 0.717) is 25.8 Å². The lowest BCUT2D eigenvalue weighted by Crippen LogP contribution is -2.37. The van der Waals surface area contributed by atoms with E-state index in [1.54, 1.807) is 35.6 Å². The van der Waals surface area contributed by atoms with Crippen LogP contribution in [0.1, 0.15) is 27.1 Å². The summed E-state index contributed by atoms with van der Waals surface area (Å²) in [6, 6.07) is 23.1. The van der Waals surface area contributed by atoms with Gasteiger partial charge in [0.15, 0.2) is 6.10 Å². The summed E-state index contributed by atoms with van der Waals surface area (Å²) >= 11 is 12.8. The van der Waals surface area contributed by atoms with Gasteiger partial charge in [-0.2, -0.15) is 0 Å². The minimum absolute atomic E-state index is 0.000387. The molecule has 1 aliphatic rings. The van der Waals surface area contributed by atoms with Crippen LogP contribution >= 0.6 is 59.1 Å². The predicted octanol–water partition coefficient (Wildman–Crippen LogP) is 8.62. The Labute approximate surface area is 264 Å². The summed E-state index contributed by atoms with van der Waals surface area (Å²) in [7, 11) is 1.28. The van der Waals surface area contributed by atoms with Crippen molar-refractivity contribution in [3.8, 4) is 16.9 Å². The summed E-state index contributed by atoms with van der Waals surface area (Å²) in [4.78, 5) is 39.5. The van der Waals surface area contributed by atoms with Crippen molar-refractivity contribution in [1.29, 1.82) is 0 Å².